The number of nitrogens with one attached hydrogen (secondary N) is 2. The van der Waals surface area contributed by atoms with Crippen molar-refractivity contribution in [2.45, 2.75) is 31.5 Å². The second-order valence-corrected chi connectivity index (χ2v) is 9.16. The highest BCUT2D eigenvalue weighted by atomic mass is 127. The summed E-state index contributed by atoms with van der Waals surface area (Å²) < 4.78 is 25.4. The molecule has 0 atom stereocenters. The van der Waals surface area contributed by atoms with Gasteiger partial charge in [-0.25, -0.2) is 8.42 Å². The van der Waals surface area contributed by atoms with E-state index in [0.717, 1.165) is 23.2 Å². The van der Waals surface area contributed by atoms with Crippen molar-refractivity contribution in [2.75, 3.05) is 13.3 Å². The molecule has 1 heterocycles. The van der Waals surface area contributed by atoms with Gasteiger partial charge in [-0.15, -0.1) is 24.0 Å². The third-order valence-corrected chi connectivity index (χ3v) is 5.93. The number of hydrogen-bond acceptors (Lipinski definition) is 4. The first-order valence-electron chi connectivity index (χ1n) is 9.64. The van der Waals surface area contributed by atoms with Crippen LogP contribution in [0.15, 0.2) is 70.8 Å². The first-order chi connectivity index (χ1) is 14.3. The van der Waals surface area contributed by atoms with E-state index in [-0.39, 0.29) is 24.0 Å². The number of aliphatic imine (C=N–C) groups is 1. The Labute approximate surface area is 200 Å². The van der Waals surface area contributed by atoms with E-state index in [1.54, 1.807) is 19.3 Å². The maximum atomic E-state index is 11.8. The molecule has 0 radical (unpaired) electrons. The zero-order valence-corrected chi connectivity index (χ0v) is 21.0. The summed E-state index contributed by atoms with van der Waals surface area (Å²) in [7, 11) is -1.48. The number of aromatic nitrogens is 2. The fourth-order valence-electron chi connectivity index (χ4n) is 3.25. The molecule has 0 aliphatic carbocycles. The van der Waals surface area contributed by atoms with Crippen molar-refractivity contribution in [3.05, 3.63) is 83.2 Å². The van der Waals surface area contributed by atoms with Gasteiger partial charge in [-0.1, -0.05) is 36.4 Å². The number of benzene rings is 2. The topological polar surface area (TPSA) is 88.4 Å². The van der Waals surface area contributed by atoms with Gasteiger partial charge < -0.3 is 10.6 Å². The van der Waals surface area contributed by atoms with Gasteiger partial charge in [0.05, 0.1) is 11.4 Å². The van der Waals surface area contributed by atoms with Crippen LogP contribution in [0, 0.1) is 6.92 Å². The average molecular weight is 553 g/mol. The minimum Gasteiger partial charge on any atom is -0.352 e. The molecule has 3 rings (SSSR count). The molecule has 0 amide bonds. The summed E-state index contributed by atoms with van der Waals surface area (Å²) in [5.41, 5.74) is 4.07. The van der Waals surface area contributed by atoms with E-state index >= 15 is 0 Å². The number of sulfone groups is 1. The Morgan fingerprint density at radius 2 is 1.71 bits per heavy atom. The second kappa shape index (κ2) is 11.3. The van der Waals surface area contributed by atoms with Crippen molar-refractivity contribution in [1.29, 1.82) is 0 Å². The summed E-state index contributed by atoms with van der Waals surface area (Å²) in [4.78, 5) is 4.63. The van der Waals surface area contributed by atoms with Crippen LogP contribution >= 0.6 is 24.0 Å². The summed E-state index contributed by atoms with van der Waals surface area (Å²) in [5, 5.41) is 10.8. The molecular weight excluding hydrogens is 525 g/mol. The van der Waals surface area contributed by atoms with Crippen LogP contribution in [0.5, 0.6) is 0 Å². The van der Waals surface area contributed by atoms with Gasteiger partial charge in [-0.3, -0.25) is 9.67 Å². The lowest BCUT2D eigenvalue weighted by Gasteiger charge is -2.13. The van der Waals surface area contributed by atoms with Crippen LogP contribution in [0.1, 0.15) is 22.3 Å². The van der Waals surface area contributed by atoms with Crippen LogP contribution in [-0.2, 0) is 29.5 Å². The fourth-order valence-corrected chi connectivity index (χ4v) is 4.21. The van der Waals surface area contributed by atoms with Crippen LogP contribution in [0.25, 0.3) is 0 Å². The number of guanidine groups is 1. The van der Waals surface area contributed by atoms with Gasteiger partial charge in [0.1, 0.15) is 0 Å². The Morgan fingerprint density at radius 1 is 1.03 bits per heavy atom. The summed E-state index contributed by atoms with van der Waals surface area (Å²) in [5.74, 6) is 0.678. The highest BCUT2D eigenvalue weighted by Gasteiger charge is 2.11. The smallest absolute Gasteiger partial charge is 0.191 e. The van der Waals surface area contributed by atoms with Gasteiger partial charge in [0.2, 0.25) is 0 Å². The van der Waals surface area contributed by atoms with E-state index in [9.17, 15) is 8.42 Å². The number of hydrogen-bond donors (Lipinski definition) is 2. The molecule has 0 saturated carbocycles. The Bertz CT molecular complexity index is 1130. The van der Waals surface area contributed by atoms with E-state index in [2.05, 4.69) is 38.9 Å². The lowest BCUT2D eigenvalue weighted by Crippen LogP contribution is -2.36. The highest BCUT2D eigenvalue weighted by molar-refractivity contribution is 14.0. The Balaban J connectivity index is 0.00000341. The predicted octanol–water partition coefficient (Wildman–Crippen LogP) is 3.13. The number of aryl methyl sites for hydroxylation is 1. The maximum Gasteiger partial charge on any atom is 0.191 e. The zero-order valence-electron chi connectivity index (χ0n) is 17.9. The molecule has 2 N–H and O–H groups in total. The lowest BCUT2D eigenvalue weighted by atomic mass is 10.1. The molecule has 1 aromatic heterocycles. The minimum absolute atomic E-state index is 0. The zero-order chi connectivity index (χ0) is 21.6. The molecule has 0 aliphatic rings. The molecule has 0 spiro atoms. The molecule has 166 valence electrons. The predicted molar refractivity (Wildman–Crippen MR) is 135 cm³/mol. The Morgan fingerprint density at radius 3 is 2.29 bits per heavy atom. The molecule has 0 saturated heterocycles. The van der Waals surface area contributed by atoms with Crippen LogP contribution < -0.4 is 10.6 Å². The van der Waals surface area contributed by atoms with Crippen molar-refractivity contribution >= 4 is 39.8 Å². The second-order valence-electron chi connectivity index (χ2n) is 7.17. The Kier molecular flexibility index (Phi) is 9.05. The van der Waals surface area contributed by atoms with E-state index < -0.39 is 9.84 Å². The molecule has 0 bridgehead atoms. The van der Waals surface area contributed by atoms with Gasteiger partial charge >= 0.3 is 0 Å². The van der Waals surface area contributed by atoms with Crippen LogP contribution in [0.3, 0.4) is 0 Å². The van der Waals surface area contributed by atoms with Crippen LogP contribution in [0.2, 0.25) is 0 Å². The van der Waals surface area contributed by atoms with Crippen molar-refractivity contribution < 1.29 is 8.42 Å². The van der Waals surface area contributed by atoms with Gasteiger partial charge in [-0.2, -0.15) is 5.10 Å². The number of nitrogens with zero attached hydrogens (tertiary/aromatic N) is 3. The third-order valence-electron chi connectivity index (χ3n) is 4.68. The molecule has 9 heteroatoms. The molecule has 3 aromatic rings. The first kappa shape index (κ1) is 24.9. The molecule has 0 unspecified atom stereocenters. The van der Waals surface area contributed by atoms with Gasteiger partial charge in [0, 0.05) is 38.8 Å². The van der Waals surface area contributed by atoms with E-state index in [0.29, 0.717) is 23.9 Å². The molecule has 0 aliphatic heterocycles. The van der Waals surface area contributed by atoms with Crippen molar-refractivity contribution in [3.63, 3.8) is 0 Å². The maximum absolute atomic E-state index is 11.8. The van der Waals surface area contributed by atoms with Crippen molar-refractivity contribution in [3.8, 4) is 0 Å². The van der Waals surface area contributed by atoms with Gasteiger partial charge in [0.15, 0.2) is 15.8 Å². The van der Waals surface area contributed by atoms with E-state index in [1.807, 2.05) is 42.1 Å². The Hall–Kier alpha value is -2.40. The number of halogens is 1. The molecule has 0 fully saturated rings. The van der Waals surface area contributed by atoms with Crippen molar-refractivity contribution in [1.82, 2.24) is 20.4 Å². The molecule has 2 aromatic carbocycles. The summed E-state index contributed by atoms with van der Waals surface area (Å²) in [6.45, 7) is 3.72. The fraction of sp³-hybridized carbons (Fsp3) is 0.273. The average Bonchev–Trinajstić information content (AvgIpc) is 3.20. The first-order valence-corrected chi connectivity index (χ1v) is 11.5. The standard InChI is InChI=1S/C22H27N5O2S.HI/c1-17-12-19(8-9-21(17)30(3,28)29)15-25-22(23-2)24-14-18-6-4-7-20(13-18)16-27-11-5-10-26-27;/h4-13H,14-16H2,1-3H3,(H2,23,24,25);1H. The van der Waals surface area contributed by atoms with Gasteiger partial charge in [0.25, 0.3) is 0 Å². The summed E-state index contributed by atoms with van der Waals surface area (Å²) >= 11 is 0. The van der Waals surface area contributed by atoms with Crippen LogP contribution in [-0.4, -0.2) is 37.5 Å². The van der Waals surface area contributed by atoms with E-state index in [4.69, 9.17) is 0 Å². The van der Waals surface area contributed by atoms with Crippen molar-refractivity contribution in [2.24, 2.45) is 4.99 Å². The summed E-state index contributed by atoms with van der Waals surface area (Å²) in [6, 6.07) is 15.6. The minimum atomic E-state index is -3.21. The largest absolute Gasteiger partial charge is 0.352 e. The monoisotopic (exact) mass is 553 g/mol. The third kappa shape index (κ3) is 7.35. The van der Waals surface area contributed by atoms with Crippen LogP contribution in [0.4, 0.5) is 0 Å². The molecule has 31 heavy (non-hydrogen) atoms. The number of rotatable bonds is 7. The molecular formula is C22H28IN5O2S. The normalized spacial score (nSPS) is 11.6. The quantitative estimate of drug-likeness (QED) is 0.267. The lowest BCUT2D eigenvalue weighted by molar-refractivity contribution is 0.601. The SMILES string of the molecule is CN=C(NCc1cccc(Cn2cccn2)c1)NCc1ccc(S(C)(=O)=O)c(C)c1.I. The highest BCUT2D eigenvalue weighted by Crippen LogP contribution is 2.16. The molecule has 7 nitrogen and oxygen atoms in total. The van der Waals surface area contributed by atoms with E-state index in [1.165, 1.54) is 11.8 Å². The van der Waals surface area contributed by atoms with Gasteiger partial charge in [-0.05, 0) is 41.3 Å². The summed E-state index contributed by atoms with van der Waals surface area (Å²) in [6.07, 6.45) is 4.95.